The van der Waals surface area contributed by atoms with E-state index in [1.54, 1.807) is 23.1 Å². The van der Waals surface area contributed by atoms with Gasteiger partial charge in [0.05, 0.1) is 0 Å². The highest BCUT2D eigenvalue weighted by Gasteiger charge is 2.39. The van der Waals surface area contributed by atoms with Crippen LogP contribution in [0, 0.1) is 5.82 Å². The SMILES string of the molecule is CN(C)[C@H](C(=O)N1CC(N2CCCCC2)C1)c1ccccc1F. The average Bonchev–Trinajstić information content (AvgIpc) is 2.49. The van der Waals surface area contributed by atoms with Crippen LogP contribution >= 0.6 is 0 Å². The van der Waals surface area contributed by atoms with Crippen molar-refractivity contribution < 1.29 is 9.18 Å². The van der Waals surface area contributed by atoms with Gasteiger partial charge >= 0.3 is 0 Å². The van der Waals surface area contributed by atoms with Gasteiger partial charge in [-0.05, 0) is 46.1 Å². The van der Waals surface area contributed by atoms with Crippen molar-refractivity contribution in [3.8, 4) is 0 Å². The number of likely N-dealkylation sites (tertiary alicyclic amines) is 2. The molecule has 2 heterocycles. The van der Waals surface area contributed by atoms with Crippen molar-refractivity contribution in [2.45, 2.75) is 31.3 Å². The van der Waals surface area contributed by atoms with Crippen molar-refractivity contribution >= 4 is 5.91 Å². The number of rotatable bonds is 4. The van der Waals surface area contributed by atoms with E-state index in [1.165, 1.54) is 25.3 Å². The molecule has 0 saturated carbocycles. The van der Waals surface area contributed by atoms with E-state index >= 15 is 0 Å². The summed E-state index contributed by atoms with van der Waals surface area (Å²) in [6.45, 7) is 3.85. The van der Waals surface area contributed by atoms with Crippen LogP contribution < -0.4 is 0 Å². The zero-order chi connectivity index (χ0) is 16.4. The highest BCUT2D eigenvalue weighted by Crippen LogP contribution is 2.27. The highest BCUT2D eigenvalue weighted by atomic mass is 19.1. The summed E-state index contributed by atoms with van der Waals surface area (Å²) in [6, 6.07) is 6.52. The number of hydrogen-bond acceptors (Lipinski definition) is 3. The lowest BCUT2D eigenvalue weighted by Gasteiger charge is -2.48. The maximum atomic E-state index is 14.1. The van der Waals surface area contributed by atoms with Crippen molar-refractivity contribution in [3.05, 3.63) is 35.6 Å². The molecule has 0 aromatic heterocycles. The first-order chi connectivity index (χ1) is 11.1. The molecule has 2 fully saturated rings. The standard InChI is InChI=1S/C18H26FN3O/c1-20(2)17(15-8-4-5-9-16(15)19)18(23)22-12-14(13-22)21-10-6-3-7-11-21/h4-5,8-9,14,17H,3,6-7,10-13H2,1-2H3/t17-/m0/s1. The molecule has 4 nitrogen and oxygen atoms in total. The third-order valence-corrected chi connectivity index (χ3v) is 5.03. The summed E-state index contributed by atoms with van der Waals surface area (Å²) >= 11 is 0. The van der Waals surface area contributed by atoms with Gasteiger partial charge in [0.25, 0.3) is 0 Å². The molecule has 1 amide bonds. The molecule has 1 aromatic rings. The molecular weight excluding hydrogens is 293 g/mol. The van der Waals surface area contributed by atoms with E-state index in [4.69, 9.17) is 0 Å². The van der Waals surface area contributed by atoms with Crippen LogP contribution in [0.4, 0.5) is 4.39 Å². The fourth-order valence-electron chi connectivity index (χ4n) is 3.65. The maximum absolute atomic E-state index is 14.1. The second-order valence-corrected chi connectivity index (χ2v) is 6.88. The van der Waals surface area contributed by atoms with Gasteiger partial charge < -0.3 is 4.90 Å². The lowest BCUT2D eigenvalue weighted by atomic mass is 9.98. The third kappa shape index (κ3) is 3.40. The van der Waals surface area contributed by atoms with Crippen LogP contribution in [-0.2, 0) is 4.79 Å². The summed E-state index contributed by atoms with van der Waals surface area (Å²) in [4.78, 5) is 19.0. The average molecular weight is 319 g/mol. The Morgan fingerprint density at radius 1 is 1.17 bits per heavy atom. The predicted molar refractivity (Wildman–Crippen MR) is 88.6 cm³/mol. The Morgan fingerprint density at radius 3 is 2.43 bits per heavy atom. The van der Waals surface area contributed by atoms with Gasteiger partial charge in [0.15, 0.2) is 0 Å². The van der Waals surface area contributed by atoms with Crippen LogP contribution in [0.5, 0.6) is 0 Å². The Morgan fingerprint density at radius 2 is 1.83 bits per heavy atom. The number of benzene rings is 1. The van der Waals surface area contributed by atoms with E-state index < -0.39 is 6.04 Å². The Bertz CT molecular complexity index is 551. The summed E-state index contributed by atoms with van der Waals surface area (Å²) in [5, 5.41) is 0. The van der Waals surface area contributed by atoms with E-state index in [-0.39, 0.29) is 11.7 Å². The Kier molecular flexibility index (Phi) is 4.97. The first-order valence-electron chi connectivity index (χ1n) is 8.51. The largest absolute Gasteiger partial charge is 0.338 e. The van der Waals surface area contributed by atoms with Gasteiger partial charge in [-0.1, -0.05) is 24.6 Å². The first kappa shape index (κ1) is 16.4. The number of likely N-dealkylation sites (N-methyl/N-ethyl adjacent to an activating group) is 1. The number of carbonyl (C=O) groups excluding carboxylic acids is 1. The molecule has 2 aliphatic heterocycles. The van der Waals surface area contributed by atoms with Crippen LogP contribution in [0.3, 0.4) is 0 Å². The number of hydrogen-bond donors (Lipinski definition) is 0. The molecule has 23 heavy (non-hydrogen) atoms. The fraction of sp³-hybridized carbons (Fsp3) is 0.611. The molecular formula is C18H26FN3O. The highest BCUT2D eigenvalue weighted by molar-refractivity contribution is 5.84. The zero-order valence-corrected chi connectivity index (χ0v) is 14.0. The Labute approximate surface area is 137 Å². The molecule has 5 heteroatoms. The second-order valence-electron chi connectivity index (χ2n) is 6.88. The van der Waals surface area contributed by atoms with Crippen molar-refractivity contribution in [1.29, 1.82) is 0 Å². The minimum Gasteiger partial charge on any atom is -0.338 e. The summed E-state index contributed by atoms with van der Waals surface area (Å²) in [6.07, 6.45) is 3.85. The van der Waals surface area contributed by atoms with E-state index in [0.29, 0.717) is 11.6 Å². The van der Waals surface area contributed by atoms with Gasteiger partial charge in [0, 0.05) is 24.7 Å². The van der Waals surface area contributed by atoms with Crippen molar-refractivity contribution in [2.24, 2.45) is 0 Å². The van der Waals surface area contributed by atoms with Gasteiger partial charge in [-0.25, -0.2) is 4.39 Å². The lowest BCUT2D eigenvalue weighted by molar-refractivity contribution is -0.144. The lowest BCUT2D eigenvalue weighted by Crippen LogP contribution is -2.63. The summed E-state index contributed by atoms with van der Waals surface area (Å²) < 4.78 is 14.1. The Hall–Kier alpha value is -1.46. The molecule has 0 unspecified atom stereocenters. The number of piperidine rings is 1. The topological polar surface area (TPSA) is 26.8 Å². The number of halogens is 1. The fourth-order valence-corrected chi connectivity index (χ4v) is 3.65. The number of carbonyl (C=O) groups is 1. The smallest absolute Gasteiger partial charge is 0.244 e. The van der Waals surface area contributed by atoms with E-state index in [9.17, 15) is 9.18 Å². The summed E-state index contributed by atoms with van der Waals surface area (Å²) in [7, 11) is 3.66. The molecule has 0 radical (unpaired) electrons. The third-order valence-electron chi connectivity index (χ3n) is 5.03. The Balaban J connectivity index is 1.65. The minimum absolute atomic E-state index is 0.00774. The van der Waals surface area contributed by atoms with Crippen LogP contribution in [0.25, 0.3) is 0 Å². The van der Waals surface area contributed by atoms with E-state index in [0.717, 1.165) is 26.2 Å². The molecule has 1 aromatic carbocycles. The molecule has 2 saturated heterocycles. The minimum atomic E-state index is -0.543. The van der Waals surface area contributed by atoms with E-state index in [1.807, 2.05) is 19.0 Å². The van der Waals surface area contributed by atoms with Crippen LogP contribution in [0.1, 0.15) is 30.9 Å². The van der Waals surface area contributed by atoms with Crippen molar-refractivity contribution in [3.63, 3.8) is 0 Å². The van der Waals surface area contributed by atoms with E-state index in [2.05, 4.69) is 4.90 Å². The van der Waals surface area contributed by atoms with Crippen molar-refractivity contribution in [1.82, 2.24) is 14.7 Å². The van der Waals surface area contributed by atoms with Gasteiger partial charge in [-0.15, -0.1) is 0 Å². The molecule has 3 rings (SSSR count). The molecule has 0 N–H and O–H groups in total. The molecule has 126 valence electrons. The van der Waals surface area contributed by atoms with Gasteiger partial charge in [-0.2, -0.15) is 0 Å². The quantitative estimate of drug-likeness (QED) is 0.850. The zero-order valence-electron chi connectivity index (χ0n) is 14.0. The second kappa shape index (κ2) is 6.97. The van der Waals surface area contributed by atoms with Gasteiger partial charge in [-0.3, -0.25) is 14.6 Å². The maximum Gasteiger partial charge on any atom is 0.244 e. The number of nitrogens with zero attached hydrogens (tertiary/aromatic N) is 3. The predicted octanol–water partition coefficient (Wildman–Crippen LogP) is 2.13. The van der Waals surface area contributed by atoms with Gasteiger partial charge in [0.1, 0.15) is 11.9 Å². The first-order valence-corrected chi connectivity index (χ1v) is 8.51. The normalized spacial score (nSPS) is 21.3. The van der Waals surface area contributed by atoms with Gasteiger partial charge in [0.2, 0.25) is 5.91 Å². The molecule has 2 aliphatic rings. The van der Waals surface area contributed by atoms with Crippen LogP contribution in [0.2, 0.25) is 0 Å². The molecule has 1 atom stereocenters. The molecule has 0 aliphatic carbocycles. The van der Waals surface area contributed by atoms with Crippen LogP contribution in [-0.4, -0.2) is 66.9 Å². The van der Waals surface area contributed by atoms with Crippen molar-refractivity contribution in [2.75, 3.05) is 40.3 Å². The molecule has 0 bridgehead atoms. The molecule has 0 spiro atoms. The number of amides is 1. The summed E-state index contributed by atoms with van der Waals surface area (Å²) in [5.74, 6) is -0.305. The van der Waals surface area contributed by atoms with Crippen LogP contribution in [0.15, 0.2) is 24.3 Å². The monoisotopic (exact) mass is 319 g/mol. The summed E-state index contributed by atoms with van der Waals surface area (Å²) in [5.41, 5.74) is 0.462.